The molecule has 56 heavy (non-hydrogen) atoms. The minimum absolute atomic E-state index is 0. The van der Waals surface area contributed by atoms with Crippen LogP contribution in [0.1, 0.15) is 77.0 Å². The van der Waals surface area contributed by atoms with E-state index in [-0.39, 0.29) is 20.1 Å². The second-order valence-electron chi connectivity index (χ2n) is 17.6. The molecule has 0 spiro atoms. The van der Waals surface area contributed by atoms with Crippen LogP contribution < -0.4 is 4.40 Å². The van der Waals surface area contributed by atoms with E-state index in [0.717, 1.165) is 62.0 Å². The third-order valence-electron chi connectivity index (χ3n) is 10.2. The number of hydrogen-bond acceptors (Lipinski definition) is 3. The van der Waals surface area contributed by atoms with Crippen molar-refractivity contribution in [2.75, 3.05) is 0 Å². The predicted octanol–water partition coefficient (Wildman–Crippen LogP) is 13.3. The third-order valence-corrected chi connectivity index (χ3v) is 14.5. The zero-order chi connectivity index (χ0) is 39.1. The molecule has 0 amide bonds. The molecule has 4 nitrogen and oxygen atoms in total. The Kier molecular flexibility index (Phi) is 12.3. The molecule has 0 saturated carbocycles. The van der Waals surface area contributed by atoms with Crippen molar-refractivity contribution in [3.05, 3.63) is 144 Å². The van der Waals surface area contributed by atoms with Crippen LogP contribution >= 0.6 is 0 Å². The number of nitrogens with zero attached hydrogens (tertiary/aromatic N) is 3. The van der Waals surface area contributed by atoms with E-state index in [9.17, 15) is 0 Å². The van der Waals surface area contributed by atoms with E-state index in [0.29, 0.717) is 17.3 Å². The molecule has 0 aliphatic heterocycles. The van der Waals surface area contributed by atoms with E-state index in [2.05, 4.69) is 161 Å². The number of fused-ring (bicyclic) bond motifs is 4. The van der Waals surface area contributed by atoms with Crippen LogP contribution in [0.3, 0.4) is 0 Å². The minimum Gasteiger partial charge on any atom is -0.500 e. The summed E-state index contributed by atoms with van der Waals surface area (Å²) in [6.45, 7) is 16.0. The number of rotatable bonds is 7. The molecular weight excluding hydrogens is 923 g/mol. The van der Waals surface area contributed by atoms with Gasteiger partial charge in [-0.05, 0) is 41.2 Å². The van der Waals surface area contributed by atoms with E-state index in [1.807, 2.05) is 36.4 Å². The molecule has 6 heteroatoms. The maximum absolute atomic E-state index is 6.06. The van der Waals surface area contributed by atoms with Crippen LogP contribution in [0.4, 0.5) is 0 Å². The SMILES string of the molecule is CC(C)(C)Cc1cc(-c2[c-]cccc2)nc[c]1[Ge]([CH3])([CH3])[CH3].CC(C)c1cccc(C(C)C)c1-n1c(-c2[c-]cc3oc4ccccc4c3c2)nc2ccccc21.[Ir]. The van der Waals surface area contributed by atoms with Crippen LogP contribution in [0.2, 0.25) is 17.3 Å². The Morgan fingerprint density at radius 1 is 0.732 bits per heavy atom. The molecule has 0 aliphatic carbocycles. The normalized spacial score (nSPS) is 12.0. The zero-order valence-electron chi connectivity index (χ0n) is 34.4. The fourth-order valence-electron chi connectivity index (χ4n) is 7.59. The Morgan fingerprint density at radius 3 is 2.07 bits per heavy atom. The zero-order valence-corrected chi connectivity index (χ0v) is 38.9. The number of para-hydroxylation sites is 4. The van der Waals surface area contributed by atoms with Crippen LogP contribution in [0.25, 0.3) is 61.3 Å². The largest absolute Gasteiger partial charge is 0.500 e. The molecule has 0 bridgehead atoms. The third kappa shape index (κ3) is 8.66. The molecule has 0 N–H and O–H groups in total. The second-order valence-corrected chi connectivity index (χ2v) is 28.1. The maximum Gasteiger partial charge on any atom is 0.120 e. The summed E-state index contributed by atoms with van der Waals surface area (Å²) >= 11 is -1.90. The molecule has 0 aliphatic rings. The summed E-state index contributed by atoms with van der Waals surface area (Å²) in [5, 5.41) is 2.20. The summed E-state index contributed by atoms with van der Waals surface area (Å²) in [7, 11) is 0. The van der Waals surface area contributed by atoms with Crippen LogP contribution in [-0.4, -0.2) is 27.8 Å². The molecule has 5 aromatic carbocycles. The van der Waals surface area contributed by atoms with Crippen molar-refractivity contribution in [2.24, 2.45) is 5.41 Å². The quantitative estimate of drug-likeness (QED) is 0.118. The van der Waals surface area contributed by atoms with E-state index < -0.39 is 13.3 Å². The van der Waals surface area contributed by atoms with Crippen LogP contribution in [0.15, 0.2) is 120 Å². The van der Waals surface area contributed by atoms with E-state index in [1.165, 1.54) is 26.8 Å². The Hall–Kier alpha value is -4.29. The van der Waals surface area contributed by atoms with Crippen molar-refractivity contribution in [3.63, 3.8) is 0 Å². The van der Waals surface area contributed by atoms with E-state index in [1.54, 1.807) is 0 Å². The molecule has 0 atom stereocenters. The van der Waals surface area contributed by atoms with Crippen LogP contribution in [0, 0.1) is 17.5 Å². The Balaban J connectivity index is 0.000000209. The van der Waals surface area contributed by atoms with Crippen molar-refractivity contribution in [2.45, 2.75) is 84.0 Å². The average Bonchev–Trinajstić information content (AvgIpc) is 3.72. The molecule has 8 aromatic rings. The van der Waals surface area contributed by atoms with Crippen molar-refractivity contribution in [1.29, 1.82) is 0 Å². The summed E-state index contributed by atoms with van der Waals surface area (Å²) in [5.41, 5.74) is 12.6. The first kappa shape index (κ1) is 41.3. The predicted molar refractivity (Wildman–Crippen MR) is 235 cm³/mol. The maximum atomic E-state index is 6.06. The van der Waals surface area contributed by atoms with Gasteiger partial charge in [0.05, 0.1) is 22.4 Å². The Labute approximate surface area is 349 Å². The molecule has 289 valence electrons. The summed E-state index contributed by atoms with van der Waals surface area (Å²) in [4.78, 5) is 9.85. The summed E-state index contributed by atoms with van der Waals surface area (Å²) in [5.74, 6) is 8.99. The second kappa shape index (κ2) is 16.7. The number of furan rings is 1. The number of hydrogen-bond donors (Lipinski definition) is 0. The molecule has 3 heterocycles. The van der Waals surface area contributed by atoms with Gasteiger partial charge in [-0.1, -0.05) is 81.6 Å². The van der Waals surface area contributed by atoms with Gasteiger partial charge in [0.15, 0.2) is 0 Å². The van der Waals surface area contributed by atoms with E-state index in [4.69, 9.17) is 14.4 Å². The number of aromatic nitrogens is 3. The molecule has 3 aromatic heterocycles. The van der Waals surface area contributed by atoms with Gasteiger partial charge < -0.3 is 8.98 Å². The van der Waals surface area contributed by atoms with Crippen LogP contribution in [0.5, 0.6) is 0 Å². The van der Waals surface area contributed by atoms with Crippen molar-refractivity contribution >= 4 is 50.6 Å². The first-order valence-corrected chi connectivity index (χ1v) is 26.9. The topological polar surface area (TPSA) is 43.9 Å². The molecule has 8 rings (SSSR count). The fraction of sp³-hybridized carbons (Fsp3) is 0.280. The van der Waals surface area contributed by atoms with Gasteiger partial charge >= 0.3 is 132 Å². The number of imidazole rings is 1. The van der Waals surface area contributed by atoms with Crippen molar-refractivity contribution in [1.82, 2.24) is 14.5 Å². The summed E-state index contributed by atoms with van der Waals surface area (Å²) in [6, 6.07) is 44.5. The fourth-order valence-corrected chi connectivity index (χ4v) is 10.9. The smallest absolute Gasteiger partial charge is 0.120 e. The number of benzene rings is 5. The number of pyridine rings is 1. The monoisotopic (exact) mass is 978 g/mol. The van der Waals surface area contributed by atoms with Gasteiger partial charge in [0.2, 0.25) is 0 Å². The van der Waals surface area contributed by atoms with Gasteiger partial charge in [0.1, 0.15) is 5.58 Å². The van der Waals surface area contributed by atoms with Gasteiger partial charge in [-0.2, -0.15) is 0 Å². The Morgan fingerprint density at radius 2 is 1.41 bits per heavy atom. The summed E-state index contributed by atoms with van der Waals surface area (Å²) < 4.78 is 9.94. The molecule has 1 radical (unpaired) electrons. The van der Waals surface area contributed by atoms with Gasteiger partial charge in [-0.15, -0.1) is 23.8 Å². The van der Waals surface area contributed by atoms with E-state index >= 15 is 0 Å². The molecule has 0 unspecified atom stereocenters. The Bertz CT molecular complexity index is 2580. The molecule has 0 saturated heterocycles. The van der Waals surface area contributed by atoms with Gasteiger partial charge in [-0.25, -0.2) is 0 Å². The summed E-state index contributed by atoms with van der Waals surface area (Å²) in [6.07, 6.45) is 3.24. The van der Waals surface area contributed by atoms with Crippen LogP contribution in [-0.2, 0) is 26.5 Å². The minimum atomic E-state index is -1.90. The standard InChI is InChI=1S/C31H27N2O.C19H26GeN.Ir/c1-19(2)22-11-9-12-23(20(3)4)30(22)33-27-14-7-6-13-26(27)32-31(33)21-16-17-29-25(18-21)24-10-5-8-15-28(24)34-29;1-19(2,3)13-16-12-18(15-10-8-7-9-11-15)21-14-17(16)20(4,5)6;/h5-15,17-20H,1-4H3;7-10,12,14H,13H2,1-6H3;/q2*-1;. The first-order valence-electron chi connectivity index (χ1n) is 19.6. The molecule has 0 fully saturated rings. The molecular formula is C50H53GeIrN3O-2. The van der Waals surface area contributed by atoms with Crippen molar-refractivity contribution < 1.29 is 24.5 Å². The van der Waals surface area contributed by atoms with Crippen molar-refractivity contribution in [3.8, 4) is 28.3 Å². The van der Waals surface area contributed by atoms with Gasteiger partial charge in [0.25, 0.3) is 0 Å². The van der Waals surface area contributed by atoms with Gasteiger partial charge in [-0.3, -0.25) is 4.98 Å². The first-order chi connectivity index (χ1) is 26.2. The van der Waals surface area contributed by atoms with Gasteiger partial charge in [0, 0.05) is 31.2 Å². The average molecular weight is 977 g/mol.